The Labute approximate surface area is 171 Å². The van der Waals surface area contributed by atoms with E-state index in [4.69, 9.17) is 9.47 Å². The van der Waals surface area contributed by atoms with Gasteiger partial charge in [-0.05, 0) is 55.0 Å². The highest BCUT2D eigenvalue weighted by atomic mass is 32.2. The van der Waals surface area contributed by atoms with Crippen LogP contribution < -0.4 is 20.3 Å². The summed E-state index contributed by atoms with van der Waals surface area (Å²) in [5.74, 6) is 2.04. The molecule has 2 fully saturated rings. The lowest BCUT2D eigenvalue weighted by molar-refractivity contribution is 0.174. The van der Waals surface area contributed by atoms with E-state index in [-0.39, 0.29) is 12.8 Å². The van der Waals surface area contributed by atoms with E-state index in [2.05, 4.69) is 16.9 Å². The maximum Gasteiger partial charge on any atom is 0.243 e. The first-order valence-electron chi connectivity index (χ1n) is 10.1. The van der Waals surface area contributed by atoms with Crippen LogP contribution in [0.15, 0.2) is 53.4 Å². The van der Waals surface area contributed by atoms with Crippen LogP contribution in [0, 0.1) is 5.92 Å². The van der Waals surface area contributed by atoms with Crippen molar-refractivity contribution >= 4 is 10.0 Å². The summed E-state index contributed by atoms with van der Waals surface area (Å²) in [6, 6.07) is 15.3. The molecule has 2 N–H and O–H groups in total. The van der Waals surface area contributed by atoms with E-state index in [0.29, 0.717) is 29.9 Å². The highest BCUT2D eigenvalue weighted by Crippen LogP contribution is 2.37. The summed E-state index contributed by atoms with van der Waals surface area (Å²) in [5.41, 5.74) is 8.01. The van der Waals surface area contributed by atoms with Gasteiger partial charge in [-0.25, -0.2) is 8.42 Å². The van der Waals surface area contributed by atoms with Gasteiger partial charge in [0.05, 0.1) is 4.90 Å². The molecule has 2 aromatic carbocycles. The summed E-state index contributed by atoms with van der Waals surface area (Å²) in [4.78, 5) is 0.377. The molecule has 7 nitrogen and oxygen atoms in total. The number of sulfonamides is 1. The summed E-state index contributed by atoms with van der Waals surface area (Å²) in [6.07, 6.45) is 2.69. The van der Waals surface area contributed by atoms with Crippen LogP contribution in [0.3, 0.4) is 0 Å². The molecule has 2 unspecified atom stereocenters. The third kappa shape index (κ3) is 3.61. The minimum absolute atomic E-state index is 0.209. The van der Waals surface area contributed by atoms with E-state index in [0.717, 1.165) is 30.8 Å². The highest BCUT2D eigenvalue weighted by Gasteiger charge is 2.36. The van der Waals surface area contributed by atoms with E-state index in [1.165, 1.54) is 5.56 Å². The molecule has 2 atom stereocenters. The van der Waals surface area contributed by atoms with Gasteiger partial charge in [0.1, 0.15) is 0 Å². The van der Waals surface area contributed by atoms with E-state index >= 15 is 0 Å². The maximum atomic E-state index is 12.8. The Kier molecular flexibility index (Phi) is 4.95. The van der Waals surface area contributed by atoms with E-state index in [1.807, 2.05) is 18.2 Å². The number of fused-ring (bicyclic) bond motifs is 1. The number of hydrazine groups is 1. The SMILES string of the molecule is O=S(=O)(c1ccccc1)N1CCC(C2CC(c3ccc4c(c3)OCO4)NN2)CC1. The van der Waals surface area contributed by atoms with Gasteiger partial charge < -0.3 is 9.47 Å². The molecule has 2 aromatic rings. The molecule has 0 amide bonds. The minimum atomic E-state index is -3.40. The average Bonchev–Trinajstić information content (AvgIpc) is 3.43. The third-order valence-electron chi connectivity index (χ3n) is 6.18. The van der Waals surface area contributed by atoms with E-state index < -0.39 is 10.0 Å². The first-order valence-corrected chi connectivity index (χ1v) is 11.5. The van der Waals surface area contributed by atoms with Gasteiger partial charge in [-0.1, -0.05) is 24.3 Å². The summed E-state index contributed by atoms with van der Waals surface area (Å²) in [5, 5.41) is 0. The molecule has 3 aliphatic rings. The van der Waals surface area contributed by atoms with Crippen LogP contribution in [0.25, 0.3) is 0 Å². The number of nitrogens with zero attached hydrogens (tertiary/aromatic N) is 1. The number of hydrogen-bond acceptors (Lipinski definition) is 6. The van der Waals surface area contributed by atoms with Crippen LogP contribution in [0.1, 0.15) is 30.9 Å². The summed E-state index contributed by atoms with van der Waals surface area (Å²) in [7, 11) is -3.40. The molecule has 0 aromatic heterocycles. The number of benzene rings is 2. The van der Waals surface area contributed by atoms with Crippen molar-refractivity contribution < 1.29 is 17.9 Å². The van der Waals surface area contributed by atoms with E-state index in [9.17, 15) is 8.42 Å². The van der Waals surface area contributed by atoms with Crippen molar-refractivity contribution in [2.45, 2.75) is 36.2 Å². The van der Waals surface area contributed by atoms with Gasteiger partial charge >= 0.3 is 0 Å². The molecular weight excluding hydrogens is 390 g/mol. The Bertz CT molecular complexity index is 975. The maximum absolute atomic E-state index is 12.8. The second-order valence-electron chi connectivity index (χ2n) is 7.85. The normalized spacial score (nSPS) is 25.4. The Morgan fingerprint density at radius 1 is 0.931 bits per heavy atom. The molecule has 0 spiro atoms. The van der Waals surface area contributed by atoms with Crippen molar-refractivity contribution in [1.29, 1.82) is 0 Å². The second-order valence-corrected chi connectivity index (χ2v) is 9.79. The Morgan fingerprint density at radius 2 is 1.69 bits per heavy atom. The van der Waals surface area contributed by atoms with Gasteiger partial charge in [0.25, 0.3) is 0 Å². The fourth-order valence-corrected chi connectivity index (χ4v) is 5.99. The largest absolute Gasteiger partial charge is 0.454 e. The van der Waals surface area contributed by atoms with Crippen LogP contribution in [-0.2, 0) is 10.0 Å². The molecule has 5 rings (SSSR count). The number of piperidine rings is 1. The van der Waals surface area contributed by atoms with Crippen LogP contribution in [-0.4, -0.2) is 38.6 Å². The van der Waals surface area contributed by atoms with Crippen molar-refractivity contribution in [3.8, 4) is 11.5 Å². The van der Waals surface area contributed by atoms with Gasteiger partial charge in [-0.2, -0.15) is 4.31 Å². The number of ether oxygens (including phenoxy) is 2. The third-order valence-corrected chi connectivity index (χ3v) is 8.09. The van der Waals surface area contributed by atoms with Crippen molar-refractivity contribution in [1.82, 2.24) is 15.2 Å². The predicted molar refractivity (Wildman–Crippen MR) is 108 cm³/mol. The Balaban J connectivity index is 1.20. The molecule has 0 aliphatic carbocycles. The second kappa shape index (κ2) is 7.60. The topological polar surface area (TPSA) is 79.9 Å². The van der Waals surface area contributed by atoms with Gasteiger partial charge in [0.15, 0.2) is 11.5 Å². The van der Waals surface area contributed by atoms with Crippen LogP contribution in [0.4, 0.5) is 0 Å². The predicted octanol–water partition coefficient (Wildman–Crippen LogP) is 2.42. The van der Waals surface area contributed by atoms with E-state index in [1.54, 1.807) is 28.6 Å². The van der Waals surface area contributed by atoms with Gasteiger partial charge in [-0.3, -0.25) is 10.9 Å². The fourth-order valence-electron chi connectivity index (χ4n) is 4.50. The molecule has 3 heterocycles. The Hall–Kier alpha value is -2.13. The lowest BCUT2D eigenvalue weighted by Gasteiger charge is -2.33. The molecular formula is C21H25N3O4S. The molecule has 2 saturated heterocycles. The summed E-state index contributed by atoms with van der Waals surface area (Å²) in [6.45, 7) is 1.41. The zero-order valence-electron chi connectivity index (χ0n) is 16.1. The lowest BCUT2D eigenvalue weighted by Crippen LogP contribution is -2.44. The smallest absolute Gasteiger partial charge is 0.243 e. The fraction of sp³-hybridized carbons (Fsp3) is 0.429. The molecule has 0 bridgehead atoms. The summed E-state index contributed by atoms with van der Waals surface area (Å²) >= 11 is 0. The minimum Gasteiger partial charge on any atom is -0.454 e. The highest BCUT2D eigenvalue weighted by molar-refractivity contribution is 7.89. The van der Waals surface area contributed by atoms with Crippen molar-refractivity contribution in [2.75, 3.05) is 19.9 Å². The zero-order valence-corrected chi connectivity index (χ0v) is 16.9. The Morgan fingerprint density at radius 3 is 2.48 bits per heavy atom. The molecule has 8 heteroatoms. The molecule has 0 saturated carbocycles. The van der Waals surface area contributed by atoms with Crippen molar-refractivity contribution in [3.05, 3.63) is 54.1 Å². The first kappa shape index (κ1) is 18.9. The zero-order chi connectivity index (χ0) is 19.8. The van der Waals surface area contributed by atoms with Gasteiger partial charge in [-0.15, -0.1) is 0 Å². The first-order chi connectivity index (χ1) is 14.1. The monoisotopic (exact) mass is 415 g/mol. The average molecular weight is 416 g/mol. The number of nitrogens with one attached hydrogen (secondary N) is 2. The van der Waals surface area contributed by atoms with Gasteiger partial charge in [0.2, 0.25) is 16.8 Å². The summed E-state index contributed by atoms with van der Waals surface area (Å²) < 4.78 is 38.1. The molecule has 154 valence electrons. The standard InChI is InChI=1S/C21H25N3O4S/c25-29(26,17-4-2-1-3-5-17)24-10-8-15(9-11-24)18-13-19(23-22-18)16-6-7-20-21(12-16)28-14-27-20/h1-7,12,15,18-19,22-23H,8-11,13-14H2. The molecule has 0 radical (unpaired) electrons. The quantitative estimate of drug-likeness (QED) is 0.799. The van der Waals surface area contributed by atoms with Crippen molar-refractivity contribution in [2.24, 2.45) is 5.92 Å². The number of hydrogen-bond donors (Lipinski definition) is 2. The molecule has 29 heavy (non-hydrogen) atoms. The van der Waals surface area contributed by atoms with Crippen LogP contribution >= 0.6 is 0 Å². The van der Waals surface area contributed by atoms with Crippen LogP contribution in [0.5, 0.6) is 11.5 Å². The van der Waals surface area contributed by atoms with Gasteiger partial charge in [0, 0.05) is 25.2 Å². The van der Waals surface area contributed by atoms with Crippen LogP contribution in [0.2, 0.25) is 0 Å². The lowest BCUT2D eigenvalue weighted by atomic mass is 9.87. The van der Waals surface area contributed by atoms with Crippen molar-refractivity contribution in [3.63, 3.8) is 0 Å². The molecule has 3 aliphatic heterocycles. The number of rotatable bonds is 4.